The van der Waals surface area contributed by atoms with Crippen LogP contribution in [0.1, 0.15) is 38.2 Å². The molecular weight excluding hydrogens is 312 g/mol. The first-order chi connectivity index (χ1) is 10.9. The van der Waals surface area contributed by atoms with Crippen LogP contribution >= 0.6 is 0 Å². The Bertz CT molecular complexity index is 643. The highest BCUT2D eigenvalue weighted by Crippen LogP contribution is 2.27. The van der Waals surface area contributed by atoms with Crippen LogP contribution < -0.4 is 5.32 Å². The number of benzene rings is 1. The molecule has 0 spiro atoms. The molecule has 1 aliphatic rings. The molecule has 0 radical (unpaired) electrons. The quantitative estimate of drug-likeness (QED) is 0.865. The van der Waals surface area contributed by atoms with E-state index in [2.05, 4.69) is 5.32 Å². The van der Waals surface area contributed by atoms with Crippen molar-refractivity contribution in [3.05, 3.63) is 29.8 Å². The third-order valence-corrected chi connectivity index (χ3v) is 6.37. The minimum absolute atomic E-state index is 0.0476. The minimum Gasteiger partial charge on any atom is -0.356 e. The largest absolute Gasteiger partial charge is 0.356 e. The number of nitrogens with one attached hydrogen (secondary N) is 1. The summed E-state index contributed by atoms with van der Waals surface area (Å²) in [7, 11) is -3.44. The molecule has 0 aliphatic carbocycles. The lowest BCUT2D eigenvalue weighted by Gasteiger charge is -2.32. The molecule has 1 unspecified atom stereocenters. The molecule has 5 nitrogen and oxygen atoms in total. The molecule has 1 N–H and O–H groups in total. The lowest BCUT2D eigenvalue weighted by atomic mass is 9.94. The predicted octanol–water partition coefficient (Wildman–Crippen LogP) is 2.31. The molecule has 1 aromatic carbocycles. The first-order valence-electron chi connectivity index (χ1n) is 8.27. The fourth-order valence-corrected chi connectivity index (χ4v) is 4.87. The van der Waals surface area contributed by atoms with Gasteiger partial charge in [0.2, 0.25) is 15.9 Å². The summed E-state index contributed by atoms with van der Waals surface area (Å²) < 4.78 is 27.3. The van der Waals surface area contributed by atoms with E-state index in [1.54, 1.807) is 16.4 Å². The molecule has 1 heterocycles. The Morgan fingerprint density at radius 1 is 1.35 bits per heavy atom. The number of nitrogens with zero attached hydrogens (tertiary/aromatic N) is 1. The van der Waals surface area contributed by atoms with E-state index in [4.69, 9.17) is 0 Å². The predicted molar refractivity (Wildman–Crippen MR) is 90.6 cm³/mol. The number of sulfonamides is 1. The summed E-state index contributed by atoms with van der Waals surface area (Å²) in [6.45, 7) is 5.43. The molecule has 2 rings (SSSR count). The topological polar surface area (TPSA) is 66.5 Å². The summed E-state index contributed by atoms with van der Waals surface area (Å²) >= 11 is 0. The Balaban J connectivity index is 2.03. The van der Waals surface area contributed by atoms with Crippen molar-refractivity contribution < 1.29 is 13.2 Å². The molecule has 1 atom stereocenters. The zero-order valence-electron chi connectivity index (χ0n) is 13.9. The van der Waals surface area contributed by atoms with E-state index in [9.17, 15) is 13.2 Å². The Morgan fingerprint density at radius 2 is 2.09 bits per heavy atom. The van der Waals surface area contributed by atoms with Crippen LogP contribution in [0, 0.1) is 12.8 Å². The fraction of sp³-hybridized carbons (Fsp3) is 0.588. The van der Waals surface area contributed by atoms with Gasteiger partial charge in [0.25, 0.3) is 0 Å². The second-order valence-electron chi connectivity index (χ2n) is 6.13. The Hall–Kier alpha value is -1.40. The number of aryl methyl sites for hydroxylation is 1. The second kappa shape index (κ2) is 7.93. The van der Waals surface area contributed by atoms with Crippen LogP contribution in [0.4, 0.5) is 0 Å². The van der Waals surface area contributed by atoms with Crippen molar-refractivity contribution in [3.63, 3.8) is 0 Å². The summed E-state index contributed by atoms with van der Waals surface area (Å²) in [5.74, 6) is 0.302. The maximum absolute atomic E-state index is 12.8. The third kappa shape index (κ3) is 4.54. The van der Waals surface area contributed by atoms with Crippen LogP contribution in [0.15, 0.2) is 29.2 Å². The van der Waals surface area contributed by atoms with Crippen molar-refractivity contribution in [3.8, 4) is 0 Å². The minimum atomic E-state index is -3.44. The summed E-state index contributed by atoms with van der Waals surface area (Å²) in [6.07, 6.45) is 3.05. The van der Waals surface area contributed by atoms with Crippen molar-refractivity contribution in [2.24, 2.45) is 5.92 Å². The van der Waals surface area contributed by atoms with Crippen molar-refractivity contribution in [1.29, 1.82) is 0 Å². The van der Waals surface area contributed by atoms with Gasteiger partial charge < -0.3 is 5.32 Å². The van der Waals surface area contributed by atoms with E-state index >= 15 is 0 Å². The van der Waals surface area contributed by atoms with Gasteiger partial charge in [-0.2, -0.15) is 4.31 Å². The van der Waals surface area contributed by atoms with Gasteiger partial charge in [0.05, 0.1) is 4.90 Å². The molecule has 6 heteroatoms. The van der Waals surface area contributed by atoms with E-state index in [1.165, 1.54) is 0 Å². The van der Waals surface area contributed by atoms with E-state index < -0.39 is 10.0 Å². The van der Waals surface area contributed by atoms with Gasteiger partial charge in [0.15, 0.2) is 0 Å². The molecule has 1 aromatic rings. The standard InChI is InChI=1S/C17H26N2O3S/c1-3-18-17(20)11-10-15-8-6-12-19(13-15)23(21,22)16-9-5-4-7-14(16)2/h4-5,7,9,15H,3,6,8,10-13H2,1-2H3,(H,18,20). The molecular formula is C17H26N2O3S. The zero-order chi connectivity index (χ0) is 16.9. The van der Waals surface area contributed by atoms with Crippen LogP contribution in [0.5, 0.6) is 0 Å². The first-order valence-corrected chi connectivity index (χ1v) is 9.71. The van der Waals surface area contributed by atoms with Gasteiger partial charge in [0.1, 0.15) is 0 Å². The molecule has 1 aliphatic heterocycles. The van der Waals surface area contributed by atoms with Crippen molar-refractivity contribution in [1.82, 2.24) is 9.62 Å². The van der Waals surface area contributed by atoms with Crippen LogP contribution in [0.3, 0.4) is 0 Å². The van der Waals surface area contributed by atoms with Crippen molar-refractivity contribution in [2.45, 2.75) is 44.4 Å². The van der Waals surface area contributed by atoms with E-state index in [0.29, 0.717) is 31.0 Å². The average Bonchev–Trinajstić information content (AvgIpc) is 2.54. The van der Waals surface area contributed by atoms with Gasteiger partial charge >= 0.3 is 0 Å². The van der Waals surface area contributed by atoms with Gasteiger partial charge in [-0.15, -0.1) is 0 Å². The van der Waals surface area contributed by atoms with Gasteiger partial charge in [0, 0.05) is 26.1 Å². The summed E-state index contributed by atoms with van der Waals surface area (Å²) in [4.78, 5) is 12.0. The van der Waals surface area contributed by atoms with Crippen LogP contribution in [0.2, 0.25) is 0 Å². The smallest absolute Gasteiger partial charge is 0.243 e. The van der Waals surface area contributed by atoms with Gasteiger partial charge in [-0.1, -0.05) is 18.2 Å². The number of hydrogen-bond donors (Lipinski definition) is 1. The number of carbonyl (C=O) groups excluding carboxylic acids is 1. The van der Waals surface area contributed by atoms with Gasteiger partial charge in [-0.3, -0.25) is 4.79 Å². The highest BCUT2D eigenvalue weighted by molar-refractivity contribution is 7.89. The molecule has 1 amide bonds. The fourth-order valence-electron chi connectivity index (χ4n) is 3.09. The zero-order valence-corrected chi connectivity index (χ0v) is 14.7. The van der Waals surface area contributed by atoms with Crippen LogP contribution in [-0.2, 0) is 14.8 Å². The van der Waals surface area contributed by atoms with Gasteiger partial charge in [-0.05, 0) is 50.7 Å². The second-order valence-corrected chi connectivity index (χ2v) is 8.04. The molecule has 0 bridgehead atoms. The number of hydrogen-bond acceptors (Lipinski definition) is 3. The SMILES string of the molecule is CCNC(=O)CCC1CCCN(S(=O)(=O)c2ccccc2C)C1. The van der Waals surface area contributed by atoms with Crippen molar-refractivity contribution >= 4 is 15.9 Å². The molecule has 1 fully saturated rings. The summed E-state index contributed by atoms with van der Waals surface area (Å²) in [5.41, 5.74) is 0.775. The lowest BCUT2D eigenvalue weighted by molar-refractivity contribution is -0.121. The normalized spacial score (nSPS) is 19.5. The maximum atomic E-state index is 12.8. The van der Waals surface area contributed by atoms with Crippen molar-refractivity contribution in [2.75, 3.05) is 19.6 Å². The first kappa shape index (κ1) is 17.9. The Kier molecular flexibility index (Phi) is 6.18. The number of carbonyl (C=O) groups is 1. The number of rotatable bonds is 6. The molecule has 0 aromatic heterocycles. The molecule has 128 valence electrons. The maximum Gasteiger partial charge on any atom is 0.243 e. The summed E-state index contributed by atoms with van der Waals surface area (Å²) in [6, 6.07) is 7.10. The number of amides is 1. The van der Waals surface area contributed by atoms with Crippen LogP contribution in [-0.4, -0.2) is 38.3 Å². The number of piperidine rings is 1. The van der Waals surface area contributed by atoms with E-state index in [1.807, 2.05) is 26.0 Å². The highest BCUT2D eigenvalue weighted by atomic mass is 32.2. The van der Waals surface area contributed by atoms with Gasteiger partial charge in [-0.25, -0.2) is 8.42 Å². The summed E-state index contributed by atoms with van der Waals surface area (Å²) in [5, 5.41) is 2.79. The molecule has 23 heavy (non-hydrogen) atoms. The molecule has 0 saturated carbocycles. The Morgan fingerprint density at radius 3 is 2.78 bits per heavy atom. The lowest BCUT2D eigenvalue weighted by Crippen LogP contribution is -2.40. The molecule has 1 saturated heterocycles. The Labute approximate surface area is 139 Å². The van der Waals surface area contributed by atoms with Crippen LogP contribution in [0.25, 0.3) is 0 Å². The van der Waals surface area contributed by atoms with E-state index in [0.717, 1.165) is 24.8 Å². The monoisotopic (exact) mass is 338 g/mol. The third-order valence-electron chi connectivity index (χ3n) is 4.35. The highest BCUT2D eigenvalue weighted by Gasteiger charge is 2.31. The van der Waals surface area contributed by atoms with E-state index in [-0.39, 0.29) is 11.8 Å². The average molecular weight is 338 g/mol.